The van der Waals surface area contributed by atoms with E-state index < -0.39 is 0 Å². The minimum absolute atomic E-state index is 0.677. The minimum atomic E-state index is 0.677. The number of unbranched alkanes of at least 4 members (excludes halogenated alkanes) is 7. The molecule has 0 unspecified atom stereocenters. The summed E-state index contributed by atoms with van der Waals surface area (Å²) in [7, 11) is 0. The van der Waals surface area contributed by atoms with Gasteiger partial charge in [0.25, 0.3) is 0 Å². The molecule has 0 aromatic carbocycles. The van der Waals surface area contributed by atoms with Crippen molar-refractivity contribution in [3.8, 4) is 0 Å². The Morgan fingerprint density at radius 2 is 1.44 bits per heavy atom. The van der Waals surface area contributed by atoms with Gasteiger partial charge in [0.1, 0.15) is 0 Å². The average Bonchev–Trinajstić information content (AvgIpc) is 2.28. The van der Waals surface area contributed by atoms with Crippen molar-refractivity contribution in [3.63, 3.8) is 0 Å². The van der Waals surface area contributed by atoms with E-state index in [1.807, 2.05) is 0 Å². The predicted octanol–water partition coefficient (Wildman–Crippen LogP) is 5.15. The Balaban J connectivity index is 1.96. The van der Waals surface area contributed by atoms with Gasteiger partial charge in [-0.25, -0.2) is 0 Å². The summed E-state index contributed by atoms with van der Waals surface area (Å²) in [6.07, 6.45) is 14.5. The molecule has 1 nitrogen and oxygen atoms in total. The van der Waals surface area contributed by atoms with Crippen molar-refractivity contribution in [2.75, 3.05) is 13.1 Å². The molecular formula is C17H35N. The lowest BCUT2D eigenvalue weighted by atomic mass is 9.71. The number of nitrogens with one attached hydrogen (secondary N) is 1. The third-order valence-corrected chi connectivity index (χ3v) is 4.40. The van der Waals surface area contributed by atoms with Gasteiger partial charge in [-0.2, -0.15) is 0 Å². The molecule has 0 aromatic heterocycles. The zero-order valence-electron chi connectivity index (χ0n) is 13.1. The summed E-state index contributed by atoms with van der Waals surface area (Å²) in [6, 6.07) is 0. The van der Waals surface area contributed by atoms with Crippen molar-refractivity contribution >= 4 is 0 Å². The lowest BCUT2D eigenvalue weighted by Crippen LogP contribution is -2.53. The molecule has 0 aliphatic carbocycles. The van der Waals surface area contributed by atoms with Gasteiger partial charge in [0.05, 0.1) is 0 Å². The second-order valence-corrected chi connectivity index (χ2v) is 6.93. The molecule has 0 amide bonds. The zero-order chi connectivity index (χ0) is 13.3. The summed E-state index contributed by atoms with van der Waals surface area (Å²) in [5.74, 6) is 0.862. The SMILES string of the molecule is CCCCCCCCCCC1(CC(C)C)CNC1. The molecule has 0 bridgehead atoms. The van der Waals surface area contributed by atoms with Crippen LogP contribution in [0.25, 0.3) is 0 Å². The minimum Gasteiger partial charge on any atom is -0.316 e. The third-order valence-electron chi connectivity index (χ3n) is 4.40. The van der Waals surface area contributed by atoms with Crippen LogP contribution < -0.4 is 5.32 Å². The quantitative estimate of drug-likeness (QED) is 0.502. The van der Waals surface area contributed by atoms with Crippen LogP contribution in [0.5, 0.6) is 0 Å². The van der Waals surface area contributed by atoms with Gasteiger partial charge in [-0.15, -0.1) is 0 Å². The van der Waals surface area contributed by atoms with Crippen LogP contribution in [-0.2, 0) is 0 Å². The van der Waals surface area contributed by atoms with Crippen molar-refractivity contribution < 1.29 is 0 Å². The van der Waals surface area contributed by atoms with E-state index in [-0.39, 0.29) is 0 Å². The first kappa shape index (κ1) is 16.0. The molecule has 1 heterocycles. The topological polar surface area (TPSA) is 12.0 Å². The van der Waals surface area contributed by atoms with E-state index in [0.29, 0.717) is 5.41 Å². The maximum atomic E-state index is 3.48. The molecule has 1 fully saturated rings. The highest BCUT2D eigenvalue weighted by atomic mass is 15.0. The van der Waals surface area contributed by atoms with Gasteiger partial charge in [0.2, 0.25) is 0 Å². The first-order chi connectivity index (χ1) is 8.68. The van der Waals surface area contributed by atoms with E-state index in [1.165, 1.54) is 77.3 Å². The van der Waals surface area contributed by atoms with E-state index in [9.17, 15) is 0 Å². The molecule has 1 rings (SSSR count). The summed E-state index contributed by atoms with van der Waals surface area (Å²) >= 11 is 0. The summed E-state index contributed by atoms with van der Waals surface area (Å²) in [5.41, 5.74) is 0.677. The van der Waals surface area contributed by atoms with Crippen molar-refractivity contribution in [1.29, 1.82) is 0 Å². The molecule has 18 heavy (non-hydrogen) atoms. The van der Waals surface area contributed by atoms with Gasteiger partial charge in [-0.3, -0.25) is 0 Å². The maximum absolute atomic E-state index is 3.48. The average molecular weight is 253 g/mol. The summed E-state index contributed by atoms with van der Waals surface area (Å²) in [4.78, 5) is 0. The second kappa shape index (κ2) is 8.96. The molecule has 108 valence electrons. The zero-order valence-corrected chi connectivity index (χ0v) is 13.1. The first-order valence-corrected chi connectivity index (χ1v) is 8.39. The van der Waals surface area contributed by atoms with Crippen molar-refractivity contribution in [2.24, 2.45) is 11.3 Å². The number of hydrogen-bond acceptors (Lipinski definition) is 1. The van der Waals surface area contributed by atoms with Crippen molar-refractivity contribution in [1.82, 2.24) is 5.32 Å². The third kappa shape index (κ3) is 6.22. The molecule has 0 aromatic rings. The molecule has 0 spiro atoms. The fourth-order valence-corrected chi connectivity index (χ4v) is 3.40. The smallest absolute Gasteiger partial charge is 0.00203 e. The van der Waals surface area contributed by atoms with E-state index in [2.05, 4.69) is 26.1 Å². The monoisotopic (exact) mass is 253 g/mol. The Kier molecular flexibility index (Phi) is 7.97. The highest BCUT2D eigenvalue weighted by molar-refractivity contribution is 4.92. The van der Waals surface area contributed by atoms with Gasteiger partial charge >= 0.3 is 0 Å². The molecule has 0 saturated carbocycles. The van der Waals surface area contributed by atoms with Gasteiger partial charge in [0, 0.05) is 13.1 Å². The van der Waals surface area contributed by atoms with Crippen LogP contribution in [0.15, 0.2) is 0 Å². The Morgan fingerprint density at radius 3 is 1.89 bits per heavy atom. The van der Waals surface area contributed by atoms with Gasteiger partial charge < -0.3 is 5.32 Å². The summed E-state index contributed by atoms with van der Waals surface area (Å²) < 4.78 is 0. The summed E-state index contributed by atoms with van der Waals surface area (Å²) in [5, 5.41) is 3.48. The fourth-order valence-electron chi connectivity index (χ4n) is 3.40. The van der Waals surface area contributed by atoms with Crippen LogP contribution in [0.4, 0.5) is 0 Å². The second-order valence-electron chi connectivity index (χ2n) is 6.93. The van der Waals surface area contributed by atoms with Crippen LogP contribution in [-0.4, -0.2) is 13.1 Å². The Hall–Kier alpha value is -0.0400. The highest BCUT2D eigenvalue weighted by Gasteiger charge is 2.36. The standard InChI is InChI=1S/C17H35N/c1-4-5-6-7-8-9-10-11-12-17(13-16(2)3)14-18-15-17/h16,18H,4-15H2,1-3H3. The van der Waals surface area contributed by atoms with Crippen LogP contribution >= 0.6 is 0 Å². The summed E-state index contributed by atoms with van der Waals surface area (Å²) in [6.45, 7) is 9.59. The normalized spacial score (nSPS) is 18.0. The van der Waals surface area contributed by atoms with Crippen LogP contribution in [0.2, 0.25) is 0 Å². The fraction of sp³-hybridized carbons (Fsp3) is 1.00. The van der Waals surface area contributed by atoms with Gasteiger partial charge in [-0.05, 0) is 24.2 Å². The molecule has 1 aliphatic heterocycles. The van der Waals surface area contributed by atoms with E-state index in [1.54, 1.807) is 0 Å². The Morgan fingerprint density at radius 1 is 0.889 bits per heavy atom. The van der Waals surface area contributed by atoms with Gasteiger partial charge in [-0.1, -0.05) is 72.1 Å². The van der Waals surface area contributed by atoms with Crippen LogP contribution in [0.1, 0.15) is 85.0 Å². The first-order valence-electron chi connectivity index (χ1n) is 8.39. The maximum Gasteiger partial charge on any atom is 0.00203 e. The molecule has 1 heteroatoms. The van der Waals surface area contributed by atoms with E-state index in [0.717, 1.165) is 5.92 Å². The molecule has 0 atom stereocenters. The highest BCUT2D eigenvalue weighted by Crippen LogP contribution is 2.36. The van der Waals surface area contributed by atoms with Gasteiger partial charge in [0.15, 0.2) is 0 Å². The lowest BCUT2D eigenvalue weighted by Gasteiger charge is -2.44. The Bertz CT molecular complexity index is 194. The molecular weight excluding hydrogens is 218 g/mol. The Labute approximate surface area is 115 Å². The van der Waals surface area contributed by atoms with Crippen LogP contribution in [0.3, 0.4) is 0 Å². The van der Waals surface area contributed by atoms with Crippen molar-refractivity contribution in [3.05, 3.63) is 0 Å². The predicted molar refractivity (Wildman–Crippen MR) is 82.0 cm³/mol. The largest absolute Gasteiger partial charge is 0.316 e. The van der Waals surface area contributed by atoms with Crippen molar-refractivity contribution in [2.45, 2.75) is 85.0 Å². The van der Waals surface area contributed by atoms with E-state index in [4.69, 9.17) is 0 Å². The molecule has 0 radical (unpaired) electrons. The van der Waals surface area contributed by atoms with Crippen LogP contribution in [0, 0.1) is 11.3 Å². The molecule has 1 saturated heterocycles. The molecule has 1 aliphatic rings. The van der Waals surface area contributed by atoms with E-state index >= 15 is 0 Å². The number of rotatable bonds is 11. The number of hydrogen-bond donors (Lipinski definition) is 1. The lowest BCUT2D eigenvalue weighted by molar-refractivity contribution is 0.114. The molecule has 1 N–H and O–H groups in total.